The molecule has 1 aromatic heterocycles. The van der Waals surface area contributed by atoms with E-state index < -0.39 is 23.5 Å². The van der Waals surface area contributed by atoms with Crippen molar-refractivity contribution in [2.45, 2.75) is 19.6 Å². The van der Waals surface area contributed by atoms with Crippen LogP contribution in [0.15, 0.2) is 60.7 Å². The molecule has 0 spiro atoms. The highest BCUT2D eigenvalue weighted by atomic mass is 19.1. The molecule has 162 valence electrons. The molecule has 1 heterocycles. The van der Waals surface area contributed by atoms with Gasteiger partial charge in [-0.1, -0.05) is 42.5 Å². The molecule has 0 radical (unpaired) electrons. The second kappa shape index (κ2) is 8.94. The van der Waals surface area contributed by atoms with Crippen molar-refractivity contribution in [3.63, 3.8) is 0 Å². The number of aromatic amines is 1. The van der Waals surface area contributed by atoms with E-state index >= 15 is 0 Å². The van der Waals surface area contributed by atoms with Crippen molar-refractivity contribution < 1.29 is 24.1 Å². The number of aliphatic hydroxyl groups is 1. The number of aromatic nitrogens is 4. The van der Waals surface area contributed by atoms with E-state index in [2.05, 4.69) is 20.6 Å². The number of ketones is 1. The van der Waals surface area contributed by atoms with Gasteiger partial charge in [-0.15, -0.1) is 10.2 Å². The minimum Gasteiger partial charge on any atom is -0.504 e. The third-order valence-electron chi connectivity index (χ3n) is 4.96. The van der Waals surface area contributed by atoms with E-state index in [1.807, 2.05) is 6.07 Å². The molecule has 3 N–H and O–H groups in total. The summed E-state index contributed by atoms with van der Waals surface area (Å²) in [4.78, 5) is 11.4. The monoisotopic (exact) mass is 434 g/mol. The number of tetrazole rings is 1. The van der Waals surface area contributed by atoms with E-state index in [4.69, 9.17) is 4.74 Å². The number of phenolic OH excluding ortho intramolecular Hbond substituents is 1. The Kier molecular flexibility index (Phi) is 5.91. The molecule has 8 nitrogen and oxygen atoms in total. The van der Waals surface area contributed by atoms with Gasteiger partial charge < -0.3 is 14.9 Å². The van der Waals surface area contributed by atoms with Gasteiger partial charge in [0.25, 0.3) is 0 Å². The number of hydrogen-bond acceptors (Lipinski definition) is 7. The van der Waals surface area contributed by atoms with Gasteiger partial charge in [0, 0.05) is 5.56 Å². The third kappa shape index (κ3) is 4.33. The second-order valence-electron chi connectivity index (χ2n) is 7.12. The van der Waals surface area contributed by atoms with Gasteiger partial charge in [0.05, 0.1) is 5.56 Å². The molecule has 0 aliphatic carbocycles. The topological polar surface area (TPSA) is 121 Å². The summed E-state index contributed by atoms with van der Waals surface area (Å²) in [6, 6.07) is 16.8. The number of nitrogens with zero attached hydrogens (tertiary/aromatic N) is 3. The average Bonchev–Trinajstić information content (AvgIpc) is 3.35. The number of phenols is 1. The van der Waals surface area contributed by atoms with E-state index in [0.29, 0.717) is 17.0 Å². The van der Waals surface area contributed by atoms with Crippen molar-refractivity contribution in [1.82, 2.24) is 20.6 Å². The number of carbonyl (C=O) groups is 1. The Morgan fingerprint density at radius 2 is 1.91 bits per heavy atom. The van der Waals surface area contributed by atoms with Crippen LogP contribution >= 0.6 is 0 Å². The number of H-pyrrole nitrogens is 1. The number of rotatable bonds is 7. The lowest BCUT2D eigenvalue weighted by Gasteiger charge is -2.14. The summed E-state index contributed by atoms with van der Waals surface area (Å²) in [6.07, 6.45) is -0.870. The molecular weight excluding hydrogens is 415 g/mol. The maximum Gasteiger partial charge on any atom is 0.207 e. The van der Waals surface area contributed by atoms with Crippen LogP contribution in [0, 0.1) is 5.82 Å². The van der Waals surface area contributed by atoms with Crippen molar-refractivity contribution in [2.24, 2.45) is 0 Å². The van der Waals surface area contributed by atoms with Crippen LogP contribution in [0.2, 0.25) is 0 Å². The van der Waals surface area contributed by atoms with Gasteiger partial charge in [0.15, 0.2) is 17.3 Å². The predicted molar refractivity (Wildman–Crippen MR) is 113 cm³/mol. The standard InChI is InChI=1S/C23H19FN4O4/c1-13(29)18-9-10-19(20(24)22(18)31)32-12-14-5-7-15(8-6-14)21(30)16-3-2-4-17(11-16)23-25-27-28-26-23/h2-11,21,30-31H,12H2,1H3,(H,25,26,27,28). The summed E-state index contributed by atoms with van der Waals surface area (Å²) < 4.78 is 19.7. The summed E-state index contributed by atoms with van der Waals surface area (Å²) in [7, 11) is 0. The first-order chi connectivity index (χ1) is 15.4. The number of halogens is 1. The summed E-state index contributed by atoms with van der Waals surface area (Å²) in [5, 5.41) is 34.4. The van der Waals surface area contributed by atoms with E-state index in [9.17, 15) is 19.4 Å². The van der Waals surface area contributed by atoms with Crippen LogP contribution in [0.25, 0.3) is 11.4 Å². The van der Waals surface area contributed by atoms with Gasteiger partial charge in [-0.3, -0.25) is 4.79 Å². The molecule has 0 saturated heterocycles. The van der Waals surface area contributed by atoms with Crippen LogP contribution in [0.3, 0.4) is 0 Å². The number of carbonyl (C=O) groups excluding carboxylic acids is 1. The number of ether oxygens (including phenoxy) is 1. The number of benzene rings is 3. The second-order valence-corrected chi connectivity index (χ2v) is 7.12. The van der Waals surface area contributed by atoms with Gasteiger partial charge in [0.2, 0.25) is 11.6 Å². The fourth-order valence-electron chi connectivity index (χ4n) is 3.22. The number of aliphatic hydroxyl groups excluding tert-OH is 1. The SMILES string of the molecule is CC(=O)c1ccc(OCc2ccc(C(O)c3cccc(-c4nn[nH]n4)c3)cc2)c(F)c1O. The van der Waals surface area contributed by atoms with Gasteiger partial charge in [0.1, 0.15) is 12.7 Å². The normalized spacial score (nSPS) is 11.8. The highest BCUT2D eigenvalue weighted by molar-refractivity contribution is 5.96. The Hall–Kier alpha value is -4.11. The first kappa shape index (κ1) is 21.1. The molecule has 0 aliphatic heterocycles. The smallest absolute Gasteiger partial charge is 0.207 e. The van der Waals surface area contributed by atoms with Crippen LogP contribution in [-0.4, -0.2) is 36.6 Å². The van der Waals surface area contributed by atoms with Gasteiger partial charge >= 0.3 is 0 Å². The molecule has 32 heavy (non-hydrogen) atoms. The molecule has 1 atom stereocenters. The Morgan fingerprint density at radius 1 is 1.12 bits per heavy atom. The van der Waals surface area contributed by atoms with Crippen molar-refractivity contribution in [2.75, 3.05) is 0 Å². The molecule has 3 aromatic carbocycles. The highest BCUT2D eigenvalue weighted by Gasteiger charge is 2.17. The summed E-state index contributed by atoms with van der Waals surface area (Å²) in [6.45, 7) is 1.28. The molecule has 0 fully saturated rings. The molecule has 0 saturated carbocycles. The lowest BCUT2D eigenvalue weighted by molar-refractivity contribution is 0.101. The number of nitrogens with one attached hydrogen (secondary N) is 1. The molecule has 9 heteroatoms. The molecule has 1 unspecified atom stereocenters. The highest BCUT2D eigenvalue weighted by Crippen LogP contribution is 2.30. The Balaban J connectivity index is 1.45. The number of hydrogen-bond donors (Lipinski definition) is 3. The van der Waals surface area contributed by atoms with Crippen LogP contribution in [0.4, 0.5) is 4.39 Å². The van der Waals surface area contributed by atoms with Gasteiger partial charge in [-0.25, -0.2) is 0 Å². The lowest BCUT2D eigenvalue weighted by Crippen LogP contribution is -2.02. The lowest BCUT2D eigenvalue weighted by atomic mass is 9.99. The van der Waals surface area contributed by atoms with Gasteiger partial charge in [-0.2, -0.15) is 9.60 Å². The fraction of sp³-hybridized carbons (Fsp3) is 0.130. The van der Waals surface area contributed by atoms with Crippen molar-refractivity contribution in [1.29, 1.82) is 0 Å². The summed E-state index contributed by atoms with van der Waals surface area (Å²) in [5.74, 6) is -1.87. The Bertz CT molecular complexity index is 1240. The zero-order valence-corrected chi connectivity index (χ0v) is 17.0. The van der Waals surface area contributed by atoms with E-state index in [1.54, 1.807) is 42.5 Å². The Morgan fingerprint density at radius 3 is 2.59 bits per heavy atom. The Labute approximate surface area is 182 Å². The molecule has 4 aromatic rings. The largest absolute Gasteiger partial charge is 0.504 e. The van der Waals surface area contributed by atoms with Crippen LogP contribution in [-0.2, 0) is 6.61 Å². The zero-order valence-electron chi connectivity index (χ0n) is 17.0. The molecular formula is C23H19FN4O4. The molecule has 0 amide bonds. The number of aromatic hydroxyl groups is 1. The molecule has 0 bridgehead atoms. The van der Waals surface area contributed by atoms with Crippen molar-refractivity contribution >= 4 is 5.78 Å². The predicted octanol–water partition coefficient (Wildman–Crippen LogP) is 3.57. The van der Waals surface area contributed by atoms with Crippen LogP contribution in [0.5, 0.6) is 11.5 Å². The maximum atomic E-state index is 14.2. The summed E-state index contributed by atoms with van der Waals surface area (Å²) >= 11 is 0. The maximum absolute atomic E-state index is 14.2. The average molecular weight is 434 g/mol. The quantitative estimate of drug-likeness (QED) is 0.380. The first-order valence-electron chi connectivity index (χ1n) is 9.70. The van der Waals surface area contributed by atoms with E-state index in [-0.39, 0.29) is 17.9 Å². The van der Waals surface area contributed by atoms with Crippen molar-refractivity contribution in [3.05, 3.63) is 88.7 Å². The van der Waals surface area contributed by atoms with Gasteiger partial charge in [-0.05, 0) is 47.0 Å². The van der Waals surface area contributed by atoms with Crippen LogP contribution in [0.1, 0.15) is 40.1 Å². The molecule has 0 aliphatic rings. The summed E-state index contributed by atoms with van der Waals surface area (Å²) in [5.41, 5.74) is 2.68. The van der Waals surface area contributed by atoms with E-state index in [0.717, 1.165) is 11.1 Å². The molecule has 4 rings (SSSR count). The van der Waals surface area contributed by atoms with Crippen molar-refractivity contribution in [3.8, 4) is 22.9 Å². The number of Topliss-reactive ketones (excluding diaryl/α,β-unsaturated/α-hetero) is 1. The van der Waals surface area contributed by atoms with E-state index in [1.165, 1.54) is 19.1 Å². The minimum absolute atomic E-state index is 0.0411. The minimum atomic E-state index is -0.980. The van der Waals surface area contributed by atoms with Crippen LogP contribution < -0.4 is 4.74 Å². The third-order valence-corrected chi connectivity index (χ3v) is 4.96. The fourth-order valence-corrected chi connectivity index (χ4v) is 3.22. The zero-order chi connectivity index (χ0) is 22.7. The first-order valence-corrected chi connectivity index (χ1v) is 9.70.